The second-order valence-electron chi connectivity index (χ2n) is 7.32. The van der Waals surface area contributed by atoms with E-state index in [2.05, 4.69) is 33.0 Å². The topological polar surface area (TPSA) is 21.3 Å². The Hall–Kier alpha value is -0.0800. The van der Waals surface area contributed by atoms with Crippen LogP contribution in [0.3, 0.4) is 0 Å². The highest BCUT2D eigenvalue weighted by atomic mass is 16.5. The van der Waals surface area contributed by atoms with E-state index in [1.807, 2.05) is 0 Å². The summed E-state index contributed by atoms with van der Waals surface area (Å²) in [4.78, 5) is 0. The van der Waals surface area contributed by atoms with Gasteiger partial charge in [-0.2, -0.15) is 0 Å². The van der Waals surface area contributed by atoms with Crippen molar-refractivity contribution < 1.29 is 4.74 Å². The molecule has 2 heteroatoms. The van der Waals surface area contributed by atoms with Crippen LogP contribution >= 0.6 is 0 Å². The number of ether oxygens (including phenoxy) is 1. The van der Waals surface area contributed by atoms with Crippen LogP contribution in [0.1, 0.15) is 91.9 Å². The summed E-state index contributed by atoms with van der Waals surface area (Å²) in [5.74, 6) is 0.882. The Balaban J connectivity index is 2.40. The molecule has 1 N–H and O–H groups in total. The van der Waals surface area contributed by atoms with Crippen molar-refractivity contribution >= 4 is 0 Å². The molecule has 0 aromatic rings. The Morgan fingerprint density at radius 3 is 2.43 bits per heavy atom. The Morgan fingerprint density at radius 1 is 1.10 bits per heavy atom. The Morgan fingerprint density at radius 2 is 1.81 bits per heavy atom. The van der Waals surface area contributed by atoms with Crippen LogP contribution < -0.4 is 5.32 Å². The lowest BCUT2D eigenvalue weighted by atomic mass is 9.79. The lowest BCUT2D eigenvalue weighted by Crippen LogP contribution is -2.47. The van der Waals surface area contributed by atoms with Crippen molar-refractivity contribution in [3.8, 4) is 0 Å². The van der Waals surface area contributed by atoms with Gasteiger partial charge >= 0.3 is 0 Å². The lowest BCUT2D eigenvalue weighted by molar-refractivity contribution is -0.113. The van der Waals surface area contributed by atoms with Crippen LogP contribution in [0.2, 0.25) is 0 Å². The number of unbranched alkanes of at least 4 members (excludes halogenated alkanes) is 3. The molecule has 0 spiro atoms. The van der Waals surface area contributed by atoms with E-state index in [9.17, 15) is 0 Å². The summed E-state index contributed by atoms with van der Waals surface area (Å²) in [7, 11) is 0. The molecule has 1 aliphatic carbocycles. The summed E-state index contributed by atoms with van der Waals surface area (Å²) < 4.78 is 6.59. The maximum absolute atomic E-state index is 6.59. The van der Waals surface area contributed by atoms with Crippen LogP contribution in [0.25, 0.3) is 0 Å². The SMILES string of the molecule is CCCCCCC(C)OC1(CNCCC)CCC(C)CC1. The smallest absolute Gasteiger partial charge is 0.0810 e. The molecule has 0 saturated heterocycles. The molecule has 0 aromatic carbocycles. The zero-order chi connectivity index (χ0) is 15.6. The van der Waals surface area contributed by atoms with Gasteiger partial charge in [-0.3, -0.25) is 0 Å². The molecular formula is C19H39NO. The van der Waals surface area contributed by atoms with Crippen molar-refractivity contribution in [2.24, 2.45) is 5.92 Å². The molecule has 126 valence electrons. The molecule has 1 atom stereocenters. The molecule has 1 saturated carbocycles. The van der Waals surface area contributed by atoms with Gasteiger partial charge in [0.2, 0.25) is 0 Å². The predicted octanol–water partition coefficient (Wildman–Crippen LogP) is 5.31. The molecule has 0 radical (unpaired) electrons. The van der Waals surface area contributed by atoms with Gasteiger partial charge in [0.05, 0.1) is 11.7 Å². The largest absolute Gasteiger partial charge is 0.371 e. The molecule has 0 heterocycles. The molecule has 21 heavy (non-hydrogen) atoms. The van der Waals surface area contributed by atoms with E-state index in [1.54, 1.807) is 0 Å². The molecule has 0 aliphatic heterocycles. The van der Waals surface area contributed by atoms with E-state index in [4.69, 9.17) is 4.74 Å². The minimum atomic E-state index is 0.117. The summed E-state index contributed by atoms with van der Waals surface area (Å²) in [6.07, 6.45) is 13.4. The van der Waals surface area contributed by atoms with Gasteiger partial charge in [-0.15, -0.1) is 0 Å². The molecule has 0 amide bonds. The summed E-state index contributed by atoms with van der Waals surface area (Å²) in [6, 6.07) is 0. The van der Waals surface area contributed by atoms with E-state index < -0.39 is 0 Å². The van der Waals surface area contributed by atoms with E-state index in [1.165, 1.54) is 64.2 Å². The summed E-state index contributed by atoms with van der Waals surface area (Å²) >= 11 is 0. The van der Waals surface area contributed by atoms with Crippen LogP contribution in [0, 0.1) is 5.92 Å². The standard InChI is InChI=1S/C19H39NO/c1-5-7-8-9-10-18(4)21-19(16-20-15-6-2)13-11-17(3)12-14-19/h17-18,20H,5-16H2,1-4H3. The third-order valence-corrected chi connectivity index (χ3v) is 4.97. The van der Waals surface area contributed by atoms with Crippen molar-refractivity contribution in [1.29, 1.82) is 0 Å². The average molecular weight is 298 g/mol. The summed E-state index contributed by atoms with van der Waals surface area (Å²) in [5, 5.41) is 3.62. The Labute approximate surface area is 133 Å². The van der Waals surface area contributed by atoms with Gasteiger partial charge in [-0.25, -0.2) is 0 Å². The van der Waals surface area contributed by atoms with Gasteiger partial charge in [-0.05, 0) is 57.9 Å². The van der Waals surface area contributed by atoms with Gasteiger partial charge in [0.15, 0.2) is 0 Å². The molecule has 1 unspecified atom stereocenters. The highest BCUT2D eigenvalue weighted by molar-refractivity contribution is 4.89. The minimum absolute atomic E-state index is 0.117. The minimum Gasteiger partial charge on any atom is -0.371 e. The zero-order valence-electron chi connectivity index (χ0n) is 15.0. The van der Waals surface area contributed by atoms with Crippen LogP contribution in [-0.2, 0) is 4.74 Å². The molecule has 0 aromatic heterocycles. The van der Waals surface area contributed by atoms with Crippen molar-refractivity contribution in [2.75, 3.05) is 13.1 Å². The zero-order valence-corrected chi connectivity index (χ0v) is 15.0. The van der Waals surface area contributed by atoms with Gasteiger partial charge in [0, 0.05) is 6.54 Å². The van der Waals surface area contributed by atoms with Crippen LogP contribution in [0.15, 0.2) is 0 Å². The molecule has 1 aliphatic rings. The fourth-order valence-electron chi connectivity index (χ4n) is 3.46. The summed E-state index contributed by atoms with van der Waals surface area (Å²) in [6.45, 7) is 11.3. The number of hydrogen-bond acceptors (Lipinski definition) is 2. The van der Waals surface area contributed by atoms with Gasteiger partial charge in [-0.1, -0.05) is 46.5 Å². The Bertz CT molecular complexity index is 246. The molecule has 2 nitrogen and oxygen atoms in total. The second kappa shape index (κ2) is 10.6. The van der Waals surface area contributed by atoms with Crippen LogP contribution in [0.4, 0.5) is 0 Å². The van der Waals surface area contributed by atoms with Gasteiger partial charge in [0.1, 0.15) is 0 Å². The molecule has 0 bridgehead atoms. The van der Waals surface area contributed by atoms with Gasteiger partial charge < -0.3 is 10.1 Å². The van der Waals surface area contributed by atoms with Crippen molar-refractivity contribution in [2.45, 2.75) is 104 Å². The van der Waals surface area contributed by atoms with Crippen molar-refractivity contribution in [1.82, 2.24) is 5.32 Å². The first-order chi connectivity index (χ1) is 10.1. The maximum Gasteiger partial charge on any atom is 0.0810 e. The van der Waals surface area contributed by atoms with Crippen LogP contribution in [0.5, 0.6) is 0 Å². The second-order valence-corrected chi connectivity index (χ2v) is 7.32. The maximum atomic E-state index is 6.59. The number of nitrogens with one attached hydrogen (secondary N) is 1. The van der Waals surface area contributed by atoms with E-state index in [0.717, 1.165) is 19.0 Å². The first-order valence-corrected chi connectivity index (χ1v) is 9.50. The monoisotopic (exact) mass is 297 g/mol. The third-order valence-electron chi connectivity index (χ3n) is 4.97. The summed E-state index contributed by atoms with van der Waals surface area (Å²) in [5.41, 5.74) is 0.117. The molecular weight excluding hydrogens is 258 g/mol. The van der Waals surface area contributed by atoms with E-state index in [-0.39, 0.29) is 5.60 Å². The van der Waals surface area contributed by atoms with E-state index in [0.29, 0.717) is 6.10 Å². The van der Waals surface area contributed by atoms with Gasteiger partial charge in [0.25, 0.3) is 0 Å². The van der Waals surface area contributed by atoms with Crippen LogP contribution in [-0.4, -0.2) is 24.8 Å². The fourth-order valence-corrected chi connectivity index (χ4v) is 3.46. The normalized spacial score (nSPS) is 27.7. The van der Waals surface area contributed by atoms with E-state index >= 15 is 0 Å². The third kappa shape index (κ3) is 7.65. The quantitative estimate of drug-likeness (QED) is 0.522. The first-order valence-electron chi connectivity index (χ1n) is 9.50. The number of rotatable bonds is 11. The van der Waals surface area contributed by atoms with Crippen molar-refractivity contribution in [3.63, 3.8) is 0 Å². The van der Waals surface area contributed by atoms with Crippen molar-refractivity contribution in [3.05, 3.63) is 0 Å². The molecule has 1 rings (SSSR count). The predicted molar refractivity (Wildman–Crippen MR) is 92.8 cm³/mol. The molecule has 1 fully saturated rings. The fraction of sp³-hybridized carbons (Fsp3) is 1.00. The number of hydrogen-bond donors (Lipinski definition) is 1. The average Bonchev–Trinajstić information content (AvgIpc) is 2.47. The Kier molecular flexibility index (Phi) is 9.59. The highest BCUT2D eigenvalue weighted by Crippen LogP contribution is 2.35. The lowest BCUT2D eigenvalue weighted by Gasteiger charge is -2.41. The highest BCUT2D eigenvalue weighted by Gasteiger charge is 2.36. The first kappa shape index (κ1) is 19.0.